The summed E-state index contributed by atoms with van der Waals surface area (Å²) in [7, 11) is 0. The molecule has 5 heteroatoms. The van der Waals surface area contributed by atoms with Crippen LogP contribution in [0.2, 0.25) is 0 Å². The zero-order valence-corrected chi connectivity index (χ0v) is 11.1. The zero-order valence-electron chi connectivity index (χ0n) is 11.1. The number of ether oxygens (including phenoxy) is 1. The number of rotatable bonds is 3. The molecule has 0 fully saturated rings. The summed E-state index contributed by atoms with van der Waals surface area (Å²) in [6, 6.07) is 4.86. The van der Waals surface area contributed by atoms with Crippen LogP contribution < -0.4 is 0 Å². The smallest absolute Gasteiger partial charge is 0.416 e. The minimum absolute atomic E-state index is 0.0759. The Bertz CT molecular complexity index is 527. The molecule has 0 aromatic heterocycles. The molecule has 0 N–H and O–H groups in total. The number of carbonyl (C=O) groups excluding carboxylic acids is 1. The van der Waals surface area contributed by atoms with Crippen molar-refractivity contribution in [2.24, 2.45) is 0 Å². The summed E-state index contributed by atoms with van der Waals surface area (Å²) in [4.78, 5) is 11.8. The number of carbonyl (C=O) groups is 1. The van der Waals surface area contributed by atoms with Crippen molar-refractivity contribution < 1.29 is 22.7 Å². The normalized spacial score (nSPS) is 16.5. The van der Waals surface area contributed by atoms with Crippen LogP contribution in [0.3, 0.4) is 0 Å². The number of halogens is 3. The number of alkyl halides is 3. The average molecular weight is 284 g/mol. The molecule has 1 aromatic carbocycles. The summed E-state index contributed by atoms with van der Waals surface area (Å²) < 4.78 is 43.0. The average Bonchev–Trinajstić information content (AvgIpc) is 2.40. The van der Waals surface area contributed by atoms with Crippen LogP contribution in [0.15, 0.2) is 30.0 Å². The quantitative estimate of drug-likeness (QED) is 0.831. The molecule has 1 aliphatic rings. The first kappa shape index (κ1) is 14.6. The predicted molar refractivity (Wildman–Crippen MR) is 68.8 cm³/mol. The van der Waals surface area contributed by atoms with E-state index in [4.69, 9.17) is 4.74 Å². The van der Waals surface area contributed by atoms with Gasteiger partial charge in [0.05, 0.1) is 12.2 Å². The van der Waals surface area contributed by atoms with E-state index >= 15 is 0 Å². The largest absolute Gasteiger partial charge is 0.490 e. The molecular weight excluding hydrogens is 269 g/mol. The van der Waals surface area contributed by atoms with E-state index in [0.717, 1.165) is 12.1 Å². The Morgan fingerprint density at radius 2 is 1.80 bits per heavy atom. The SMILES string of the molecule is CCOC1=C(c2ccc(C(F)(F)F)cc2)CCCC1=O. The Labute approximate surface area is 115 Å². The second-order valence-corrected chi connectivity index (χ2v) is 4.59. The third-order valence-electron chi connectivity index (χ3n) is 3.21. The van der Waals surface area contributed by atoms with Crippen molar-refractivity contribution in [1.82, 2.24) is 0 Å². The van der Waals surface area contributed by atoms with Gasteiger partial charge in [-0.15, -0.1) is 0 Å². The standard InChI is InChI=1S/C15H15F3O2/c1-2-20-14-12(4-3-5-13(14)19)10-6-8-11(9-7-10)15(16,17)18/h6-9H,2-5H2,1H3. The van der Waals surface area contributed by atoms with Crippen molar-refractivity contribution >= 4 is 11.4 Å². The fraction of sp³-hybridized carbons (Fsp3) is 0.400. The first-order valence-corrected chi connectivity index (χ1v) is 6.50. The van der Waals surface area contributed by atoms with E-state index in [1.165, 1.54) is 12.1 Å². The number of hydrogen-bond donors (Lipinski definition) is 0. The van der Waals surface area contributed by atoms with Gasteiger partial charge in [0.25, 0.3) is 0 Å². The second kappa shape index (κ2) is 5.69. The van der Waals surface area contributed by atoms with Crippen molar-refractivity contribution in [3.05, 3.63) is 41.2 Å². The van der Waals surface area contributed by atoms with E-state index < -0.39 is 11.7 Å². The van der Waals surface area contributed by atoms with Crippen molar-refractivity contribution in [3.8, 4) is 0 Å². The summed E-state index contributed by atoms with van der Waals surface area (Å²) in [6.45, 7) is 2.14. The minimum Gasteiger partial charge on any atom is -0.490 e. The highest BCUT2D eigenvalue weighted by molar-refractivity contribution is 6.02. The van der Waals surface area contributed by atoms with E-state index in [2.05, 4.69) is 0 Å². The predicted octanol–water partition coefficient (Wildman–Crippen LogP) is 4.21. The number of allylic oxidation sites excluding steroid dienone is 2. The van der Waals surface area contributed by atoms with Crippen molar-refractivity contribution in [3.63, 3.8) is 0 Å². The van der Waals surface area contributed by atoms with Gasteiger partial charge in [-0.25, -0.2) is 0 Å². The minimum atomic E-state index is -4.35. The lowest BCUT2D eigenvalue weighted by Crippen LogP contribution is -2.14. The molecule has 2 rings (SSSR count). The molecule has 0 atom stereocenters. The van der Waals surface area contributed by atoms with Gasteiger partial charge in [0, 0.05) is 12.0 Å². The van der Waals surface area contributed by atoms with Crippen LogP contribution in [0, 0.1) is 0 Å². The molecule has 0 unspecified atom stereocenters. The van der Waals surface area contributed by atoms with Crippen LogP contribution >= 0.6 is 0 Å². The lowest BCUT2D eigenvalue weighted by molar-refractivity contribution is -0.137. The van der Waals surface area contributed by atoms with Gasteiger partial charge in [-0.3, -0.25) is 4.79 Å². The molecule has 1 aromatic rings. The van der Waals surface area contributed by atoms with Crippen LogP contribution in [0.5, 0.6) is 0 Å². The van der Waals surface area contributed by atoms with Crippen LogP contribution in [-0.4, -0.2) is 12.4 Å². The molecular formula is C15H15F3O2. The molecule has 0 amide bonds. The van der Waals surface area contributed by atoms with Crippen LogP contribution in [-0.2, 0) is 15.7 Å². The number of Topliss-reactive ketones (excluding diaryl/α,β-unsaturated/α-hetero) is 1. The van der Waals surface area contributed by atoms with E-state index in [9.17, 15) is 18.0 Å². The van der Waals surface area contributed by atoms with Gasteiger partial charge < -0.3 is 4.74 Å². The molecule has 0 aliphatic heterocycles. The van der Waals surface area contributed by atoms with Crippen LogP contribution in [0.1, 0.15) is 37.3 Å². The van der Waals surface area contributed by atoms with Gasteiger partial charge in [-0.2, -0.15) is 13.2 Å². The fourth-order valence-electron chi connectivity index (χ4n) is 2.27. The maximum atomic E-state index is 12.5. The molecule has 1 aliphatic carbocycles. The Hall–Kier alpha value is -1.78. The molecule has 0 radical (unpaired) electrons. The van der Waals surface area contributed by atoms with E-state index in [-0.39, 0.29) is 5.78 Å². The Morgan fingerprint density at radius 1 is 1.15 bits per heavy atom. The Kier molecular flexibility index (Phi) is 4.16. The summed E-state index contributed by atoms with van der Waals surface area (Å²) in [5.41, 5.74) is 0.633. The fourth-order valence-corrected chi connectivity index (χ4v) is 2.27. The third-order valence-corrected chi connectivity index (χ3v) is 3.21. The van der Waals surface area contributed by atoms with Gasteiger partial charge in [0.1, 0.15) is 0 Å². The van der Waals surface area contributed by atoms with E-state index in [1.807, 2.05) is 0 Å². The van der Waals surface area contributed by atoms with Crippen LogP contribution in [0.4, 0.5) is 13.2 Å². The van der Waals surface area contributed by atoms with Gasteiger partial charge in [-0.05, 0) is 37.5 Å². The molecule has 0 saturated carbocycles. The van der Waals surface area contributed by atoms with Crippen molar-refractivity contribution in [1.29, 1.82) is 0 Å². The third kappa shape index (κ3) is 3.03. The highest BCUT2D eigenvalue weighted by Gasteiger charge is 2.30. The Balaban J connectivity index is 2.38. The highest BCUT2D eigenvalue weighted by atomic mass is 19.4. The van der Waals surface area contributed by atoms with Gasteiger partial charge in [0.15, 0.2) is 11.5 Å². The maximum absolute atomic E-state index is 12.5. The lowest BCUT2D eigenvalue weighted by Gasteiger charge is -2.19. The zero-order chi connectivity index (χ0) is 14.8. The van der Waals surface area contributed by atoms with Crippen molar-refractivity contribution in [2.45, 2.75) is 32.4 Å². The lowest BCUT2D eigenvalue weighted by atomic mass is 9.91. The summed E-state index contributed by atoms with van der Waals surface area (Å²) in [5, 5.41) is 0. The van der Waals surface area contributed by atoms with Crippen molar-refractivity contribution in [2.75, 3.05) is 6.61 Å². The van der Waals surface area contributed by atoms with Crippen LogP contribution in [0.25, 0.3) is 5.57 Å². The monoisotopic (exact) mass is 284 g/mol. The maximum Gasteiger partial charge on any atom is 0.416 e. The van der Waals surface area contributed by atoms with E-state index in [1.54, 1.807) is 6.92 Å². The number of hydrogen-bond acceptors (Lipinski definition) is 2. The number of ketones is 1. The van der Waals surface area contributed by atoms with Gasteiger partial charge >= 0.3 is 6.18 Å². The molecule has 108 valence electrons. The molecule has 20 heavy (non-hydrogen) atoms. The summed E-state index contributed by atoms with van der Waals surface area (Å²) >= 11 is 0. The first-order valence-electron chi connectivity index (χ1n) is 6.50. The highest BCUT2D eigenvalue weighted by Crippen LogP contribution is 2.34. The summed E-state index contributed by atoms with van der Waals surface area (Å²) in [5.74, 6) is 0.228. The number of benzene rings is 1. The first-order chi connectivity index (χ1) is 9.43. The van der Waals surface area contributed by atoms with E-state index in [0.29, 0.717) is 42.8 Å². The Morgan fingerprint density at radius 3 is 2.35 bits per heavy atom. The molecule has 0 saturated heterocycles. The molecule has 0 spiro atoms. The van der Waals surface area contributed by atoms with Gasteiger partial charge in [0.2, 0.25) is 0 Å². The topological polar surface area (TPSA) is 26.3 Å². The summed E-state index contributed by atoms with van der Waals surface area (Å²) in [6.07, 6.45) is -2.57. The molecule has 2 nitrogen and oxygen atoms in total. The second-order valence-electron chi connectivity index (χ2n) is 4.59. The van der Waals surface area contributed by atoms with Gasteiger partial charge in [-0.1, -0.05) is 12.1 Å². The molecule has 0 bridgehead atoms. The molecule has 0 heterocycles.